The number of benzene rings is 1. The number of nitrogens with one attached hydrogen (secondary N) is 3. The molecule has 5 aliphatic heterocycles. The zero-order valence-electron chi connectivity index (χ0n) is 44.3. The normalized spacial score (nSPS) is 44.2. The number of allylic oxidation sites excluding steroid dienone is 2. The Morgan fingerprint density at radius 1 is 0.933 bits per heavy atom. The molecule has 2 saturated heterocycles. The van der Waals surface area contributed by atoms with Crippen LogP contribution in [0.15, 0.2) is 41.4 Å². The first-order valence-electron chi connectivity index (χ1n) is 29.4. The lowest BCUT2D eigenvalue weighted by atomic mass is 9.40. The van der Waals surface area contributed by atoms with E-state index in [4.69, 9.17) is 20.2 Å². The minimum atomic E-state index is -1.90. The maximum Gasteiger partial charge on any atom is 0.302 e. The lowest BCUT2D eigenvalue weighted by Crippen LogP contribution is -2.73. The summed E-state index contributed by atoms with van der Waals surface area (Å²) in [6.07, 6.45) is 26.8. The lowest BCUT2D eigenvalue weighted by molar-refractivity contribution is -0.152. The fourth-order valence-electron chi connectivity index (χ4n) is 19.0. The number of fused-ring (bicyclic) bond motifs is 11. The smallest absolute Gasteiger partial charge is 0.302 e. The number of aromatic hydroxyl groups is 1. The minimum absolute atomic E-state index is 0.0101. The Bertz CT molecular complexity index is 2460. The van der Waals surface area contributed by atoms with Gasteiger partial charge in [-0.05, 0) is 156 Å². The van der Waals surface area contributed by atoms with Gasteiger partial charge in [0.2, 0.25) is 0 Å². The van der Waals surface area contributed by atoms with Crippen LogP contribution < -0.4 is 26.4 Å². The summed E-state index contributed by atoms with van der Waals surface area (Å²) in [5.41, 5.74) is 6.97. The van der Waals surface area contributed by atoms with Crippen LogP contribution in [0.25, 0.3) is 0 Å². The third kappa shape index (κ3) is 9.19. The number of piperidine rings is 2. The van der Waals surface area contributed by atoms with Crippen molar-refractivity contribution in [1.29, 1.82) is 0 Å². The molecule has 15 heteroatoms. The molecule has 12 aliphatic rings. The van der Waals surface area contributed by atoms with Gasteiger partial charge in [0.15, 0.2) is 23.7 Å². The van der Waals surface area contributed by atoms with E-state index in [1.54, 1.807) is 6.07 Å². The van der Waals surface area contributed by atoms with E-state index in [1.165, 1.54) is 83.6 Å². The van der Waals surface area contributed by atoms with Crippen LogP contribution in [-0.2, 0) is 16.0 Å². The number of rotatable bonds is 2. The monoisotopic (exact) mass is 1070 g/mol. The first kappa shape index (κ1) is 52.7. The highest BCUT2D eigenvalue weighted by Gasteiger charge is 2.73. The number of aliphatic imine (C=N–C) groups is 1. The van der Waals surface area contributed by atoms with Gasteiger partial charge in [-0.1, -0.05) is 89.8 Å². The van der Waals surface area contributed by atoms with Gasteiger partial charge in [-0.15, -0.1) is 0 Å². The van der Waals surface area contributed by atoms with Crippen molar-refractivity contribution in [2.24, 2.45) is 56.1 Å². The van der Waals surface area contributed by atoms with E-state index in [0.717, 1.165) is 63.8 Å². The van der Waals surface area contributed by atoms with E-state index in [9.17, 15) is 30.3 Å². The maximum absolute atomic E-state index is 13.1. The van der Waals surface area contributed by atoms with Gasteiger partial charge in [-0.2, -0.15) is 0 Å². The van der Waals surface area contributed by atoms with E-state index in [1.807, 2.05) is 6.08 Å². The number of nitrogens with two attached hydrogens (primary N) is 1. The van der Waals surface area contributed by atoms with Crippen molar-refractivity contribution in [2.75, 3.05) is 18.8 Å². The standard InChI is InChI=1S/C60H85N5O8S2/c1-37(66)72-48-30-42(67)17-26-57-25-16-38-8-5-23-58(33-43(18-27-63-58)73-49-29-39(28-45(38)48)46(53(70)71)31-47(49)68)51-15-14-44(34-62-51)75-74-36-59(65-54(61)64-50(57)10-4-11-52(57)69)35-55-19-6-9-40(55)12-13-41(32-55)60(59)24-7-22-56(60)20-2-3-21-56/h4,10,12-13,29,31,38,40-45,48,50-53,62-63,67-71H,2-3,5-9,11,14-15,17-24,26-28,30,32-36H2,1H3,(H3,61,64,65)/t38-,40+,41-,42-,43-,44+,45-,48-,50+,51-,52+,55+,57+,58+,59+,60-/m0/s1. The van der Waals surface area contributed by atoms with Gasteiger partial charge >= 0.3 is 5.97 Å². The molecule has 0 unspecified atom stereocenters. The van der Waals surface area contributed by atoms with Crippen LogP contribution in [0, 0.1) is 57.2 Å². The van der Waals surface area contributed by atoms with Crippen LogP contribution in [0.4, 0.5) is 0 Å². The fourth-order valence-corrected chi connectivity index (χ4v) is 22.2. The summed E-state index contributed by atoms with van der Waals surface area (Å²) in [5, 5.41) is 71.1. The van der Waals surface area contributed by atoms with Crippen molar-refractivity contribution in [2.45, 2.75) is 220 Å². The number of ether oxygens (including phenoxy) is 2. The Balaban J connectivity index is 1.03. The van der Waals surface area contributed by atoms with E-state index in [-0.39, 0.29) is 75.8 Å². The number of carbonyl (C=O) groups is 1. The Morgan fingerprint density at radius 3 is 2.57 bits per heavy atom. The Hall–Kier alpha value is -2.94. The topological polar surface area (TPSA) is 211 Å². The van der Waals surface area contributed by atoms with Crippen molar-refractivity contribution in [1.82, 2.24) is 16.0 Å². The predicted molar refractivity (Wildman–Crippen MR) is 295 cm³/mol. The number of nitrogens with zero attached hydrogens (tertiary/aromatic N) is 1. The first-order chi connectivity index (χ1) is 36.2. The predicted octanol–water partition coefficient (Wildman–Crippen LogP) is 8.02. The molecule has 7 aliphatic carbocycles. The average Bonchev–Trinajstić information content (AvgIpc) is 4.31. The number of hydrogen-bond acceptors (Lipinski definition) is 15. The summed E-state index contributed by atoms with van der Waals surface area (Å²) in [7, 11) is 4.15. The van der Waals surface area contributed by atoms with Crippen LogP contribution in [0.5, 0.6) is 11.5 Å². The molecule has 13 nitrogen and oxygen atoms in total. The molecule has 13 rings (SSSR count). The van der Waals surface area contributed by atoms with Gasteiger partial charge in [0.05, 0.1) is 29.2 Å². The van der Waals surface area contributed by atoms with Gasteiger partial charge in [-0.25, -0.2) is 4.99 Å². The molecule has 6 fully saturated rings. The molecule has 1 aromatic carbocycles. The van der Waals surface area contributed by atoms with E-state index >= 15 is 0 Å². The second-order valence-corrected chi connectivity index (χ2v) is 28.5. The van der Waals surface area contributed by atoms with Crippen LogP contribution >= 0.6 is 21.6 Å². The molecule has 4 saturated carbocycles. The van der Waals surface area contributed by atoms with Gasteiger partial charge in [0, 0.05) is 71.7 Å². The molecule has 410 valence electrons. The van der Waals surface area contributed by atoms with Crippen LogP contribution in [-0.4, -0.2) is 109 Å². The Kier molecular flexibility index (Phi) is 14.5. The molecule has 10 bridgehead atoms. The summed E-state index contributed by atoms with van der Waals surface area (Å²) in [4.78, 5) is 18.7. The number of aliphatic hydroxyl groups is 4. The largest absolute Gasteiger partial charge is 0.504 e. The third-order valence-electron chi connectivity index (χ3n) is 22.2. The van der Waals surface area contributed by atoms with Gasteiger partial charge < -0.3 is 56.7 Å². The minimum Gasteiger partial charge on any atom is -0.504 e. The second-order valence-electron chi connectivity index (χ2n) is 25.9. The first-order valence-corrected chi connectivity index (χ1v) is 31.8. The van der Waals surface area contributed by atoms with Crippen molar-refractivity contribution >= 4 is 33.5 Å². The number of esters is 1. The van der Waals surface area contributed by atoms with Crippen LogP contribution in [0.3, 0.4) is 0 Å². The zero-order valence-corrected chi connectivity index (χ0v) is 45.9. The fraction of sp³-hybridized carbons (Fsp3) is 0.767. The summed E-state index contributed by atoms with van der Waals surface area (Å²) in [6.45, 7) is 3.03. The SMILES string of the molecule is CC(=O)O[C@H]1C[C@@H](O)CC[C@]23C#C[C@@H]4CCC[C@@]5(C[C@H](CCN5)Oc5cc(c(C(O)O)cc5O)C[C@@H]41)[C@@H]1CC[C@H](CN1)SSC[C@@]1(C[C@]45CCC[C@@H]4C=C[C@@H](C5)[C@]14CCCC41CCCC1)NC(N)=N[C@@H]2C=CC[C@H]3O. The molecule has 0 radical (unpaired) electrons. The maximum atomic E-state index is 13.1. The number of guanidine groups is 1. The quantitative estimate of drug-likeness (QED) is 0.0452. The van der Waals surface area contributed by atoms with Crippen molar-refractivity contribution in [3.8, 4) is 23.3 Å². The molecule has 5 heterocycles. The van der Waals surface area contributed by atoms with Gasteiger partial charge in [0.25, 0.3) is 0 Å². The highest BCUT2D eigenvalue weighted by Crippen LogP contribution is 2.76. The molecular formula is C60H85N5O8S2. The summed E-state index contributed by atoms with van der Waals surface area (Å²) < 4.78 is 13.1. The van der Waals surface area contributed by atoms with Crippen molar-refractivity contribution in [3.63, 3.8) is 0 Å². The highest BCUT2D eigenvalue weighted by molar-refractivity contribution is 8.77. The van der Waals surface area contributed by atoms with E-state index in [0.29, 0.717) is 47.9 Å². The molecule has 0 amide bonds. The molecule has 1 aromatic rings. The number of phenols is 1. The van der Waals surface area contributed by atoms with Gasteiger partial charge in [-0.3, -0.25) is 4.79 Å². The summed E-state index contributed by atoms with van der Waals surface area (Å²) in [5.74, 6) is 8.69. The van der Waals surface area contributed by atoms with Crippen molar-refractivity contribution in [3.05, 3.63) is 47.6 Å². The Morgan fingerprint density at radius 2 is 1.76 bits per heavy atom. The molecule has 6 spiro atoms. The average molecular weight is 1070 g/mol. The summed E-state index contributed by atoms with van der Waals surface area (Å²) >= 11 is 0. The van der Waals surface area contributed by atoms with E-state index in [2.05, 4.69) is 67.6 Å². The number of carbonyl (C=O) groups excluding carboxylic acids is 1. The molecule has 75 heavy (non-hydrogen) atoms. The highest BCUT2D eigenvalue weighted by atomic mass is 33.1. The zero-order chi connectivity index (χ0) is 51.8. The number of hydrogen-bond donors (Lipinski definition) is 9. The summed E-state index contributed by atoms with van der Waals surface area (Å²) in [6, 6.07) is 2.67. The van der Waals surface area contributed by atoms with E-state index < -0.39 is 53.9 Å². The lowest BCUT2D eigenvalue weighted by Gasteiger charge is -2.68. The number of phenolic OH excluding ortho intramolecular Hbond substituents is 1. The molecule has 16 atom stereocenters. The second kappa shape index (κ2) is 20.6. The molecule has 0 aromatic heterocycles. The molecule has 10 N–H and O–H groups in total. The number of aliphatic hydroxyl groups excluding tert-OH is 3. The third-order valence-corrected chi connectivity index (χ3v) is 25.2. The Labute approximate surface area is 453 Å². The van der Waals surface area contributed by atoms with Gasteiger partial charge in [0.1, 0.15) is 12.2 Å². The van der Waals surface area contributed by atoms with Crippen LogP contribution in [0.2, 0.25) is 0 Å². The molecular weight excluding hydrogens is 983 g/mol. The van der Waals surface area contributed by atoms with Crippen LogP contribution in [0.1, 0.15) is 172 Å². The van der Waals surface area contributed by atoms with Crippen molar-refractivity contribution < 1.29 is 39.8 Å².